The molecule has 1 aliphatic rings. The van der Waals surface area contributed by atoms with E-state index in [2.05, 4.69) is 58.5 Å². The van der Waals surface area contributed by atoms with Crippen molar-refractivity contribution < 1.29 is 9.47 Å². The van der Waals surface area contributed by atoms with Crippen molar-refractivity contribution in [1.29, 1.82) is 0 Å². The van der Waals surface area contributed by atoms with Gasteiger partial charge in [0.05, 0.1) is 19.3 Å². The summed E-state index contributed by atoms with van der Waals surface area (Å²) in [6.07, 6.45) is 0.640. The summed E-state index contributed by atoms with van der Waals surface area (Å²) in [6, 6.07) is 16.9. The van der Waals surface area contributed by atoms with Crippen molar-refractivity contribution in [1.82, 2.24) is 5.32 Å². The lowest BCUT2D eigenvalue weighted by Gasteiger charge is -2.33. The van der Waals surface area contributed by atoms with E-state index in [0.717, 1.165) is 17.4 Å². The molecule has 1 aliphatic heterocycles. The molecule has 122 valence electrons. The molecule has 0 spiro atoms. The highest BCUT2D eigenvalue weighted by Crippen LogP contribution is 2.23. The van der Waals surface area contributed by atoms with Crippen molar-refractivity contribution in [2.75, 3.05) is 19.8 Å². The first-order valence-electron chi connectivity index (χ1n) is 8.00. The first-order chi connectivity index (χ1) is 11.2. The molecule has 1 N–H and O–H groups in total. The van der Waals surface area contributed by atoms with Crippen LogP contribution in [0.25, 0.3) is 0 Å². The summed E-state index contributed by atoms with van der Waals surface area (Å²) in [6.45, 7) is 4.29. The number of ether oxygens (including phenoxy) is 2. The Balaban J connectivity index is 1.59. The second kappa shape index (κ2) is 8.06. The van der Waals surface area contributed by atoms with Gasteiger partial charge >= 0.3 is 0 Å². The number of hydrogen-bond acceptors (Lipinski definition) is 3. The van der Waals surface area contributed by atoms with Crippen LogP contribution in [0.4, 0.5) is 0 Å². The Hall–Kier alpha value is -1.20. The third kappa shape index (κ3) is 4.64. The summed E-state index contributed by atoms with van der Waals surface area (Å²) in [5, 5.41) is 3.49. The number of nitrogens with one attached hydrogen (secondary N) is 1. The van der Waals surface area contributed by atoms with Gasteiger partial charge in [-0.15, -0.1) is 0 Å². The van der Waals surface area contributed by atoms with Crippen molar-refractivity contribution >= 4 is 15.9 Å². The van der Waals surface area contributed by atoms with Crippen molar-refractivity contribution in [3.05, 3.63) is 69.7 Å². The Morgan fingerprint density at radius 2 is 2.04 bits per heavy atom. The molecular weight excluding hydrogens is 354 g/mol. The van der Waals surface area contributed by atoms with Crippen LogP contribution in [0.2, 0.25) is 0 Å². The molecule has 2 unspecified atom stereocenters. The second-order valence-electron chi connectivity index (χ2n) is 5.84. The van der Waals surface area contributed by atoms with Gasteiger partial charge < -0.3 is 14.8 Å². The van der Waals surface area contributed by atoms with E-state index in [1.165, 1.54) is 16.7 Å². The third-order valence-electron chi connectivity index (χ3n) is 3.95. The molecule has 2 aromatic rings. The average Bonchev–Trinajstić information content (AvgIpc) is 2.55. The summed E-state index contributed by atoms with van der Waals surface area (Å²) in [7, 11) is 0. The zero-order valence-corrected chi connectivity index (χ0v) is 14.9. The van der Waals surface area contributed by atoms with E-state index in [1.807, 2.05) is 18.2 Å². The van der Waals surface area contributed by atoms with Gasteiger partial charge in [-0.3, -0.25) is 0 Å². The molecule has 3 nitrogen and oxygen atoms in total. The topological polar surface area (TPSA) is 30.5 Å². The molecule has 23 heavy (non-hydrogen) atoms. The van der Waals surface area contributed by atoms with Crippen LogP contribution in [-0.2, 0) is 15.9 Å². The number of benzene rings is 2. The lowest BCUT2D eigenvalue weighted by Crippen LogP contribution is -2.43. The Bertz CT molecular complexity index is 612. The van der Waals surface area contributed by atoms with E-state index in [4.69, 9.17) is 9.47 Å². The standard InChI is InChI=1S/C19H22BrNO2/c1-14-11-15(13-17(20)12-14)7-9-22-19-18(21-8-10-23-19)16-5-3-2-4-6-16/h2-6,11-13,18-19,21H,7-10H2,1H3. The van der Waals surface area contributed by atoms with Gasteiger partial charge in [-0.1, -0.05) is 52.3 Å². The first-order valence-corrected chi connectivity index (χ1v) is 8.79. The number of halogens is 1. The summed E-state index contributed by atoms with van der Waals surface area (Å²) < 4.78 is 13.0. The summed E-state index contributed by atoms with van der Waals surface area (Å²) in [5.41, 5.74) is 3.74. The largest absolute Gasteiger partial charge is 0.350 e. The average molecular weight is 376 g/mol. The lowest BCUT2D eigenvalue weighted by molar-refractivity contribution is -0.176. The summed E-state index contributed by atoms with van der Waals surface area (Å²) in [4.78, 5) is 0. The van der Waals surface area contributed by atoms with E-state index in [1.54, 1.807) is 0 Å². The monoisotopic (exact) mass is 375 g/mol. The number of morpholine rings is 1. The Morgan fingerprint density at radius 3 is 2.83 bits per heavy atom. The Labute approximate surface area is 146 Å². The summed E-state index contributed by atoms with van der Waals surface area (Å²) in [5.74, 6) is 0. The number of aryl methyl sites for hydroxylation is 1. The highest BCUT2D eigenvalue weighted by Gasteiger charge is 2.27. The smallest absolute Gasteiger partial charge is 0.176 e. The van der Waals surface area contributed by atoms with Crippen LogP contribution >= 0.6 is 15.9 Å². The SMILES string of the molecule is Cc1cc(Br)cc(CCOC2OCCNC2c2ccccc2)c1. The third-order valence-corrected chi connectivity index (χ3v) is 4.41. The summed E-state index contributed by atoms with van der Waals surface area (Å²) >= 11 is 3.55. The van der Waals surface area contributed by atoms with E-state index in [0.29, 0.717) is 13.2 Å². The Morgan fingerprint density at radius 1 is 1.22 bits per heavy atom. The fourth-order valence-electron chi connectivity index (χ4n) is 2.91. The maximum Gasteiger partial charge on any atom is 0.176 e. The van der Waals surface area contributed by atoms with E-state index in [-0.39, 0.29) is 12.3 Å². The Kier molecular flexibility index (Phi) is 5.84. The molecule has 0 bridgehead atoms. The maximum atomic E-state index is 6.03. The second-order valence-corrected chi connectivity index (χ2v) is 6.75. The van der Waals surface area contributed by atoms with Gasteiger partial charge in [-0.25, -0.2) is 0 Å². The minimum atomic E-state index is -0.237. The first kappa shape index (κ1) is 16.7. The molecule has 1 saturated heterocycles. The van der Waals surface area contributed by atoms with E-state index in [9.17, 15) is 0 Å². The molecule has 1 heterocycles. The number of hydrogen-bond donors (Lipinski definition) is 1. The van der Waals surface area contributed by atoms with Crippen molar-refractivity contribution in [2.24, 2.45) is 0 Å². The molecule has 2 aromatic carbocycles. The van der Waals surface area contributed by atoms with E-state index >= 15 is 0 Å². The predicted molar refractivity (Wildman–Crippen MR) is 95.5 cm³/mol. The molecule has 0 radical (unpaired) electrons. The van der Waals surface area contributed by atoms with E-state index < -0.39 is 0 Å². The van der Waals surface area contributed by atoms with Crippen LogP contribution < -0.4 is 5.32 Å². The van der Waals surface area contributed by atoms with Crippen LogP contribution in [0.15, 0.2) is 53.0 Å². The van der Waals surface area contributed by atoms with Crippen LogP contribution in [0.5, 0.6) is 0 Å². The molecule has 0 saturated carbocycles. The maximum absolute atomic E-state index is 6.03. The van der Waals surface area contributed by atoms with Crippen LogP contribution in [0, 0.1) is 6.92 Å². The zero-order valence-electron chi connectivity index (χ0n) is 13.3. The van der Waals surface area contributed by atoms with Gasteiger partial charge in [-0.05, 0) is 42.2 Å². The van der Waals surface area contributed by atoms with Gasteiger partial charge in [0, 0.05) is 11.0 Å². The zero-order chi connectivity index (χ0) is 16.1. The lowest BCUT2D eigenvalue weighted by atomic mass is 10.1. The molecular formula is C19H22BrNO2. The molecule has 0 aliphatic carbocycles. The van der Waals surface area contributed by atoms with Crippen LogP contribution in [0.3, 0.4) is 0 Å². The molecule has 2 atom stereocenters. The van der Waals surface area contributed by atoms with Gasteiger partial charge in [0.1, 0.15) is 0 Å². The molecule has 1 fully saturated rings. The minimum absolute atomic E-state index is 0.0918. The van der Waals surface area contributed by atoms with Crippen molar-refractivity contribution in [3.63, 3.8) is 0 Å². The van der Waals surface area contributed by atoms with Crippen LogP contribution in [0.1, 0.15) is 22.7 Å². The van der Waals surface area contributed by atoms with Gasteiger partial charge in [-0.2, -0.15) is 0 Å². The van der Waals surface area contributed by atoms with Gasteiger partial charge in [0.15, 0.2) is 6.29 Å². The van der Waals surface area contributed by atoms with Gasteiger partial charge in [0.25, 0.3) is 0 Å². The fraction of sp³-hybridized carbons (Fsp3) is 0.368. The highest BCUT2D eigenvalue weighted by molar-refractivity contribution is 9.10. The molecule has 3 rings (SSSR count). The quantitative estimate of drug-likeness (QED) is 0.856. The minimum Gasteiger partial charge on any atom is -0.350 e. The van der Waals surface area contributed by atoms with Crippen LogP contribution in [-0.4, -0.2) is 26.0 Å². The molecule has 4 heteroatoms. The normalized spacial score (nSPS) is 21.3. The number of rotatable bonds is 5. The fourth-order valence-corrected chi connectivity index (χ4v) is 3.57. The molecule has 0 aromatic heterocycles. The van der Waals surface area contributed by atoms with Crippen molar-refractivity contribution in [3.8, 4) is 0 Å². The molecule has 0 amide bonds. The van der Waals surface area contributed by atoms with Crippen molar-refractivity contribution in [2.45, 2.75) is 25.7 Å². The predicted octanol–water partition coefficient (Wildman–Crippen LogP) is 4.00. The van der Waals surface area contributed by atoms with Gasteiger partial charge in [0.2, 0.25) is 0 Å². The highest BCUT2D eigenvalue weighted by atomic mass is 79.9.